The van der Waals surface area contributed by atoms with Crippen molar-refractivity contribution in [3.63, 3.8) is 0 Å². The van der Waals surface area contributed by atoms with Gasteiger partial charge in [0.2, 0.25) is 0 Å². The fraction of sp³-hybridized carbons (Fsp3) is 0.179. The van der Waals surface area contributed by atoms with Crippen molar-refractivity contribution in [2.45, 2.75) is 25.9 Å². The molecule has 1 fully saturated rings. The van der Waals surface area contributed by atoms with Crippen molar-refractivity contribution in [3.05, 3.63) is 113 Å². The van der Waals surface area contributed by atoms with Gasteiger partial charge in [0.05, 0.1) is 36.1 Å². The van der Waals surface area contributed by atoms with E-state index in [0.29, 0.717) is 10.7 Å². The summed E-state index contributed by atoms with van der Waals surface area (Å²) in [7, 11) is 1.38. The molecule has 182 valence electrons. The van der Waals surface area contributed by atoms with Crippen molar-refractivity contribution in [1.82, 2.24) is 14.9 Å². The second-order valence-corrected chi connectivity index (χ2v) is 9.03. The molecule has 2 atom stereocenters. The van der Waals surface area contributed by atoms with Gasteiger partial charge in [0.15, 0.2) is 5.11 Å². The highest BCUT2D eigenvalue weighted by Gasteiger charge is 2.42. The standard InChI is InChI=1S/C28H25FN4O2S/c1-17-16-22(18(2)32(17)24-10-5-4-8-21(24)27(34)35-3)26-25(23-9-6-7-15-30-23)31-28(36)33(26)20-13-11-19(29)12-14-20/h4-16,25-26H,1-3H3,(H,31,36)/t25-,26+/m0/s1. The van der Waals surface area contributed by atoms with Gasteiger partial charge in [-0.25, -0.2) is 9.18 Å². The molecule has 1 aliphatic rings. The van der Waals surface area contributed by atoms with Crippen LogP contribution in [0.1, 0.15) is 45.1 Å². The van der Waals surface area contributed by atoms with Crippen LogP contribution in [0.3, 0.4) is 0 Å². The number of para-hydroxylation sites is 1. The highest BCUT2D eigenvalue weighted by Crippen LogP contribution is 2.43. The number of ether oxygens (including phenoxy) is 1. The lowest BCUT2D eigenvalue weighted by molar-refractivity contribution is 0.0600. The molecule has 0 bridgehead atoms. The maximum absolute atomic E-state index is 13.8. The van der Waals surface area contributed by atoms with Crippen LogP contribution < -0.4 is 10.2 Å². The minimum atomic E-state index is -0.400. The molecule has 0 aliphatic carbocycles. The molecular formula is C28H25FN4O2S. The summed E-state index contributed by atoms with van der Waals surface area (Å²) in [5, 5.41) is 3.96. The second-order valence-electron chi connectivity index (χ2n) is 8.64. The molecule has 1 saturated heterocycles. The number of carbonyl (C=O) groups is 1. The number of aryl methyl sites for hydroxylation is 1. The SMILES string of the molecule is COC(=O)c1ccccc1-n1c(C)cc([C@@H]2[C@H](c3ccccn3)NC(=S)N2c2ccc(F)cc2)c1C. The molecule has 1 aliphatic heterocycles. The van der Waals surface area contributed by atoms with E-state index >= 15 is 0 Å². The van der Waals surface area contributed by atoms with Gasteiger partial charge in [0.25, 0.3) is 0 Å². The number of hydrogen-bond acceptors (Lipinski definition) is 4. The predicted molar refractivity (Wildman–Crippen MR) is 141 cm³/mol. The van der Waals surface area contributed by atoms with E-state index in [1.54, 1.807) is 24.4 Å². The number of pyridine rings is 1. The van der Waals surface area contributed by atoms with Crippen molar-refractivity contribution >= 4 is 29.0 Å². The minimum absolute atomic E-state index is 0.242. The number of hydrogen-bond donors (Lipinski definition) is 1. The number of nitrogens with zero attached hydrogens (tertiary/aromatic N) is 3. The zero-order valence-corrected chi connectivity index (χ0v) is 20.9. The third-order valence-corrected chi connectivity index (χ3v) is 6.86. The lowest BCUT2D eigenvalue weighted by Gasteiger charge is -2.28. The number of esters is 1. The predicted octanol–water partition coefficient (Wildman–Crippen LogP) is 5.59. The van der Waals surface area contributed by atoms with Gasteiger partial charge in [-0.3, -0.25) is 4.98 Å². The first kappa shape index (κ1) is 23.7. The molecule has 36 heavy (non-hydrogen) atoms. The van der Waals surface area contributed by atoms with Gasteiger partial charge in [-0.2, -0.15) is 0 Å². The van der Waals surface area contributed by atoms with E-state index in [0.717, 1.165) is 34.0 Å². The fourth-order valence-electron chi connectivity index (χ4n) is 4.96. The Morgan fingerprint density at radius 2 is 1.78 bits per heavy atom. The Bertz CT molecular complexity index is 1440. The lowest BCUT2D eigenvalue weighted by atomic mass is 9.96. The number of methoxy groups -OCH3 is 1. The topological polar surface area (TPSA) is 59.4 Å². The van der Waals surface area contributed by atoms with Crippen LogP contribution in [-0.4, -0.2) is 27.7 Å². The molecule has 2 aromatic heterocycles. The number of carbonyl (C=O) groups excluding carboxylic acids is 1. The summed E-state index contributed by atoms with van der Waals surface area (Å²) in [5.74, 6) is -0.713. The van der Waals surface area contributed by atoms with E-state index < -0.39 is 5.97 Å². The number of nitrogens with one attached hydrogen (secondary N) is 1. The van der Waals surface area contributed by atoms with Crippen molar-refractivity contribution in [2.75, 3.05) is 12.0 Å². The van der Waals surface area contributed by atoms with Crippen LogP contribution in [0.25, 0.3) is 5.69 Å². The summed E-state index contributed by atoms with van der Waals surface area (Å²) in [6, 6.07) is 21.1. The Hall–Kier alpha value is -4.04. The van der Waals surface area contributed by atoms with E-state index in [-0.39, 0.29) is 17.9 Å². The van der Waals surface area contributed by atoms with Crippen molar-refractivity contribution in [3.8, 4) is 5.69 Å². The van der Waals surface area contributed by atoms with Crippen LogP contribution in [-0.2, 0) is 4.74 Å². The van der Waals surface area contributed by atoms with Gasteiger partial charge in [0, 0.05) is 23.3 Å². The molecule has 0 unspecified atom stereocenters. The molecule has 3 heterocycles. The molecule has 8 heteroatoms. The molecule has 0 radical (unpaired) electrons. The first-order valence-electron chi connectivity index (χ1n) is 11.5. The number of anilines is 1. The van der Waals surface area contributed by atoms with Gasteiger partial charge in [-0.1, -0.05) is 18.2 Å². The maximum Gasteiger partial charge on any atom is 0.339 e. The number of halogens is 1. The average Bonchev–Trinajstić information content (AvgIpc) is 3.39. The average molecular weight is 501 g/mol. The fourth-order valence-corrected chi connectivity index (χ4v) is 5.31. The molecule has 0 saturated carbocycles. The van der Waals surface area contributed by atoms with Crippen LogP contribution in [0.5, 0.6) is 0 Å². The molecule has 4 aromatic rings. The van der Waals surface area contributed by atoms with E-state index in [1.807, 2.05) is 55.1 Å². The minimum Gasteiger partial charge on any atom is -0.465 e. The monoisotopic (exact) mass is 500 g/mol. The molecule has 0 amide bonds. The Morgan fingerprint density at radius 3 is 2.47 bits per heavy atom. The summed E-state index contributed by atoms with van der Waals surface area (Å²) in [5.41, 5.74) is 5.75. The first-order valence-corrected chi connectivity index (χ1v) is 11.9. The highest BCUT2D eigenvalue weighted by molar-refractivity contribution is 7.80. The maximum atomic E-state index is 13.8. The summed E-state index contributed by atoms with van der Waals surface area (Å²) in [4.78, 5) is 19.1. The normalized spacial score (nSPS) is 17.2. The van der Waals surface area contributed by atoms with Crippen LogP contribution in [0.15, 0.2) is 79.0 Å². The first-order chi connectivity index (χ1) is 17.4. The van der Waals surface area contributed by atoms with E-state index in [1.165, 1.54) is 19.2 Å². The second kappa shape index (κ2) is 9.54. The molecular weight excluding hydrogens is 475 g/mol. The number of thiocarbonyl (C=S) groups is 1. The largest absolute Gasteiger partial charge is 0.465 e. The summed E-state index contributed by atoms with van der Waals surface area (Å²) < 4.78 is 20.8. The van der Waals surface area contributed by atoms with Crippen LogP contribution in [0.4, 0.5) is 10.1 Å². The Balaban J connectivity index is 1.69. The van der Waals surface area contributed by atoms with Gasteiger partial charge in [-0.15, -0.1) is 0 Å². The van der Waals surface area contributed by atoms with Crippen LogP contribution >= 0.6 is 12.2 Å². The third kappa shape index (κ3) is 4.03. The number of aromatic nitrogens is 2. The summed E-state index contributed by atoms with van der Waals surface area (Å²) in [6.07, 6.45) is 1.76. The number of rotatable bonds is 5. The zero-order chi connectivity index (χ0) is 25.4. The van der Waals surface area contributed by atoms with Gasteiger partial charge in [-0.05, 0) is 86.2 Å². The van der Waals surface area contributed by atoms with Gasteiger partial charge < -0.3 is 19.5 Å². The Kier molecular flexibility index (Phi) is 6.28. The van der Waals surface area contributed by atoms with Gasteiger partial charge >= 0.3 is 5.97 Å². The summed E-state index contributed by atoms with van der Waals surface area (Å²) >= 11 is 5.78. The smallest absolute Gasteiger partial charge is 0.339 e. The number of benzene rings is 2. The molecule has 6 nitrogen and oxygen atoms in total. The third-order valence-electron chi connectivity index (χ3n) is 6.54. The Labute approximate surface area is 214 Å². The van der Waals surface area contributed by atoms with E-state index in [4.69, 9.17) is 17.0 Å². The highest BCUT2D eigenvalue weighted by atomic mass is 32.1. The van der Waals surface area contributed by atoms with Crippen molar-refractivity contribution in [2.24, 2.45) is 0 Å². The zero-order valence-electron chi connectivity index (χ0n) is 20.1. The molecule has 0 spiro atoms. The van der Waals surface area contributed by atoms with E-state index in [2.05, 4.69) is 20.9 Å². The molecule has 2 aromatic carbocycles. The molecule has 5 rings (SSSR count). The van der Waals surface area contributed by atoms with Crippen LogP contribution in [0, 0.1) is 19.7 Å². The quantitative estimate of drug-likeness (QED) is 0.285. The summed E-state index contributed by atoms with van der Waals surface area (Å²) in [6.45, 7) is 4.03. The lowest BCUT2D eigenvalue weighted by Crippen LogP contribution is -2.29. The van der Waals surface area contributed by atoms with Crippen LogP contribution in [0.2, 0.25) is 0 Å². The van der Waals surface area contributed by atoms with Crippen molar-refractivity contribution < 1.29 is 13.9 Å². The Morgan fingerprint density at radius 1 is 1.06 bits per heavy atom. The van der Waals surface area contributed by atoms with Gasteiger partial charge in [0.1, 0.15) is 5.82 Å². The molecule has 1 N–H and O–H groups in total. The van der Waals surface area contributed by atoms with Crippen molar-refractivity contribution in [1.29, 1.82) is 0 Å². The van der Waals surface area contributed by atoms with E-state index in [9.17, 15) is 9.18 Å².